The number of rotatable bonds is 0. The van der Waals surface area contributed by atoms with Gasteiger partial charge < -0.3 is 9.59 Å². The molecule has 2 aliphatic heterocycles. The highest BCUT2D eigenvalue weighted by atomic mass is 16.3. The van der Waals surface area contributed by atoms with Crippen LogP contribution in [0.4, 0.5) is 0 Å². The Balaban J connectivity index is 1.95. The van der Waals surface area contributed by atoms with Gasteiger partial charge in [-0.2, -0.15) is 0 Å². The van der Waals surface area contributed by atoms with E-state index in [1.165, 1.54) is 37.2 Å². The van der Waals surface area contributed by atoms with E-state index >= 15 is 0 Å². The summed E-state index contributed by atoms with van der Waals surface area (Å²) in [5.74, 6) is 0. The standard InChI is InChI=1S/C9H19N2O/c1-10-3-6-11(7-4-10)5-2-9(12)8-11/h9,12H,2-8H2,1H3/q+1. The van der Waals surface area contributed by atoms with Gasteiger partial charge in [0, 0.05) is 19.5 Å². The number of nitrogens with zero attached hydrogens (tertiary/aromatic N) is 2. The highest BCUT2D eigenvalue weighted by molar-refractivity contribution is 4.69. The van der Waals surface area contributed by atoms with E-state index in [4.69, 9.17) is 0 Å². The Morgan fingerprint density at radius 2 is 1.92 bits per heavy atom. The van der Waals surface area contributed by atoms with E-state index < -0.39 is 0 Å². The summed E-state index contributed by atoms with van der Waals surface area (Å²) in [7, 11) is 2.18. The van der Waals surface area contributed by atoms with Gasteiger partial charge >= 0.3 is 0 Å². The number of aliphatic hydroxyl groups excluding tert-OH is 1. The first-order chi connectivity index (χ1) is 5.70. The fourth-order valence-corrected chi connectivity index (χ4v) is 2.45. The maximum Gasteiger partial charge on any atom is 0.108 e. The fraction of sp³-hybridized carbons (Fsp3) is 1.00. The first-order valence-electron chi connectivity index (χ1n) is 4.92. The molecule has 0 aliphatic carbocycles. The molecule has 1 unspecified atom stereocenters. The fourth-order valence-electron chi connectivity index (χ4n) is 2.45. The zero-order valence-electron chi connectivity index (χ0n) is 7.87. The SMILES string of the molecule is CN1CC[N+]2(CCC(O)C2)CC1. The molecule has 1 spiro atoms. The van der Waals surface area contributed by atoms with Gasteiger partial charge in [0.15, 0.2) is 0 Å². The van der Waals surface area contributed by atoms with E-state index in [1.807, 2.05) is 0 Å². The Bertz CT molecular complexity index is 164. The van der Waals surface area contributed by atoms with E-state index in [0.717, 1.165) is 13.0 Å². The van der Waals surface area contributed by atoms with Gasteiger partial charge in [0.05, 0.1) is 19.6 Å². The van der Waals surface area contributed by atoms with Crippen molar-refractivity contribution in [2.75, 3.05) is 46.3 Å². The van der Waals surface area contributed by atoms with Gasteiger partial charge in [-0.1, -0.05) is 0 Å². The molecule has 2 heterocycles. The summed E-state index contributed by atoms with van der Waals surface area (Å²) in [6, 6.07) is 0. The molecule has 2 fully saturated rings. The lowest BCUT2D eigenvalue weighted by Gasteiger charge is -2.40. The van der Waals surface area contributed by atoms with Crippen molar-refractivity contribution in [3.63, 3.8) is 0 Å². The second-order valence-electron chi connectivity index (χ2n) is 4.44. The number of likely N-dealkylation sites (N-methyl/N-ethyl adjacent to an activating group) is 1. The second kappa shape index (κ2) is 2.98. The number of piperazine rings is 1. The van der Waals surface area contributed by atoms with Crippen molar-refractivity contribution in [3.05, 3.63) is 0 Å². The van der Waals surface area contributed by atoms with Crippen LogP contribution in [0.25, 0.3) is 0 Å². The molecular formula is C9H19N2O+. The minimum absolute atomic E-state index is 0.0200. The molecule has 3 heteroatoms. The third-order valence-corrected chi connectivity index (χ3v) is 3.45. The number of hydrogen-bond acceptors (Lipinski definition) is 2. The maximum atomic E-state index is 9.48. The Labute approximate surface area is 74.2 Å². The van der Waals surface area contributed by atoms with Gasteiger partial charge in [0.25, 0.3) is 0 Å². The molecule has 2 saturated heterocycles. The van der Waals surface area contributed by atoms with Gasteiger partial charge in [0.2, 0.25) is 0 Å². The van der Waals surface area contributed by atoms with Crippen molar-refractivity contribution in [2.24, 2.45) is 0 Å². The van der Waals surface area contributed by atoms with Crippen LogP contribution in [0.15, 0.2) is 0 Å². The molecule has 0 aromatic rings. The second-order valence-corrected chi connectivity index (χ2v) is 4.44. The van der Waals surface area contributed by atoms with Crippen LogP contribution in [0.3, 0.4) is 0 Å². The van der Waals surface area contributed by atoms with Gasteiger partial charge in [-0.05, 0) is 7.05 Å². The smallest absolute Gasteiger partial charge is 0.108 e. The molecule has 0 aromatic carbocycles. The topological polar surface area (TPSA) is 23.5 Å². The molecule has 3 nitrogen and oxygen atoms in total. The lowest BCUT2D eigenvalue weighted by molar-refractivity contribution is -0.921. The highest BCUT2D eigenvalue weighted by Crippen LogP contribution is 2.21. The maximum absolute atomic E-state index is 9.48. The zero-order valence-corrected chi connectivity index (χ0v) is 7.87. The average Bonchev–Trinajstić information content (AvgIpc) is 2.40. The quantitative estimate of drug-likeness (QED) is 0.497. The lowest BCUT2D eigenvalue weighted by atomic mass is 10.3. The summed E-state index contributed by atoms with van der Waals surface area (Å²) in [5, 5.41) is 9.48. The first-order valence-corrected chi connectivity index (χ1v) is 4.92. The van der Waals surface area contributed by atoms with Crippen molar-refractivity contribution >= 4 is 0 Å². The van der Waals surface area contributed by atoms with E-state index in [9.17, 15) is 5.11 Å². The first kappa shape index (κ1) is 8.48. The van der Waals surface area contributed by atoms with Crippen molar-refractivity contribution in [3.8, 4) is 0 Å². The van der Waals surface area contributed by atoms with Crippen LogP contribution >= 0.6 is 0 Å². The largest absolute Gasteiger partial charge is 0.387 e. The van der Waals surface area contributed by atoms with Gasteiger partial charge in [-0.15, -0.1) is 0 Å². The molecule has 12 heavy (non-hydrogen) atoms. The Morgan fingerprint density at radius 3 is 2.42 bits per heavy atom. The number of quaternary nitrogens is 1. The summed E-state index contributed by atoms with van der Waals surface area (Å²) in [6.45, 7) is 7.10. The van der Waals surface area contributed by atoms with Crippen LogP contribution in [0, 0.1) is 0 Å². The van der Waals surface area contributed by atoms with Crippen LogP contribution in [-0.4, -0.2) is 66.9 Å². The molecule has 0 amide bonds. The number of aliphatic hydroxyl groups is 1. The Kier molecular flexibility index (Phi) is 2.10. The Morgan fingerprint density at radius 1 is 1.25 bits per heavy atom. The molecule has 2 rings (SSSR count). The Hall–Kier alpha value is -0.120. The summed E-state index contributed by atoms with van der Waals surface area (Å²) >= 11 is 0. The molecule has 0 bridgehead atoms. The minimum Gasteiger partial charge on any atom is -0.387 e. The predicted molar refractivity (Wildman–Crippen MR) is 47.8 cm³/mol. The van der Waals surface area contributed by atoms with E-state index in [0.29, 0.717) is 0 Å². The molecule has 2 aliphatic rings. The molecular weight excluding hydrogens is 152 g/mol. The average molecular weight is 171 g/mol. The van der Waals surface area contributed by atoms with Gasteiger partial charge in [-0.3, -0.25) is 4.90 Å². The van der Waals surface area contributed by atoms with Crippen molar-refractivity contribution in [2.45, 2.75) is 12.5 Å². The molecule has 1 atom stereocenters. The highest BCUT2D eigenvalue weighted by Gasteiger charge is 2.39. The van der Waals surface area contributed by atoms with Crippen molar-refractivity contribution in [1.82, 2.24) is 4.90 Å². The lowest BCUT2D eigenvalue weighted by Crippen LogP contribution is -2.57. The summed E-state index contributed by atoms with van der Waals surface area (Å²) in [5.41, 5.74) is 0. The predicted octanol–water partition coefficient (Wildman–Crippen LogP) is -0.487. The van der Waals surface area contributed by atoms with Crippen LogP contribution in [0.5, 0.6) is 0 Å². The van der Waals surface area contributed by atoms with Crippen molar-refractivity contribution in [1.29, 1.82) is 0 Å². The summed E-state index contributed by atoms with van der Waals surface area (Å²) in [6.07, 6.45) is 0.998. The minimum atomic E-state index is -0.0200. The van der Waals surface area contributed by atoms with Gasteiger partial charge in [-0.25, -0.2) is 0 Å². The van der Waals surface area contributed by atoms with Crippen molar-refractivity contribution < 1.29 is 9.59 Å². The molecule has 0 aromatic heterocycles. The third-order valence-electron chi connectivity index (χ3n) is 3.45. The molecule has 70 valence electrons. The molecule has 0 radical (unpaired) electrons. The zero-order chi connectivity index (χ0) is 8.60. The third kappa shape index (κ3) is 1.49. The number of hydrogen-bond donors (Lipinski definition) is 1. The van der Waals surface area contributed by atoms with Crippen LogP contribution < -0.4 is 0 Å². The van der Waals surface area contributed by atoms with Crippen LogP contribution in [0.2, 0.25) is 0 Å². The molecule has 1 N–H and O–H groups in total. The summed E-state index contributed by atoms with van der Waals surface area (Å²) < 4.78 is 1.19. The van der Waals surface area contributed by atoms with Crippen LogP contribution in [-0.2, 0) is 0 Å². The molecule has 0 saturated carbocycles. The van der Waals surface area contributed by atoms with E-state index in [2.05, 4.69) is 11.9 Å². The monoisotopic (exact) mass is 171 g/mol. The normalized spacial score (nSPS) is 36.0. The van der Waals surface area contributed by atoms with E-state index in [1.54, 1.807) is 0 Å². The van der Waals surface area contributed by atoms with Gasteiger partial charge in [0.1, 0.15) is 12.6 Å². The summed E-state index contributed by atoms with van der Waals surface area (Å²) in [4.78, 5) is 2.38. The van der Waals surface area contributed by atoms with Crippen LogP contribution in [0.1, 0.15) is 6.42 Å². The van der Waals surface area contributed by atoms with E-state index in [-0.39, 0.29) is 6.10 Å².